The van der Waals surface area contributed by atoms with Crippen molar-refractivity contribution in [2.24, 2.45) is 0 Å². The predicted octanol–water partition coefficient (Wildman–Crippen LogP) is 3.71. The molecule has 0 saturated heterocycles. The second kappa shape index (κ2) is 6.32. The summed E-state index contributed by atoms with van der Waals surface area (Å²) in [7, 11) is 0. The van der Waals surface area contributed by atoms with Crippen LogP contribution in [-0.4, -0.2) is 24.5 Å². The Balaban J connectivity index is 1.71. The zero-order valence-corrected chi connectivity index (χ0v) is 15.2. The number of benzene rings is 2. The van der Waals surface area contributed by atoms with E-state index in [1.54, 1.807) is 6.33 Å². The number of nitrogens with zero attached hydrogens (tertiary/aromatic N) is 6. The number of aryl methyl sites for hydroxylation is 1. The van der Waals surface area contributed by atoms with Crippen LogP contribution in [0.15, 0.2) is 54.9 Å². The van der Waals surface area contributed by atoms with Crippen molar-refractivity contribution in [2.45, 2.75) is 13.3 Å². The first-order chi connectivity index (χ1) is 13.7. The maximum atomic E-state index is 9.51. The summed E-state index contributed by atoms with van der Waals surface area (Å²) in [6.07, 6.45) is 6.23. The summed E-state index contributed by atoms with van der Waals surface area (Å²) >= 11 is 0. The predicted molar refractivity (Wildman–Crippen MR) is 106 cm³/mol. The molecule has 28 heavy (non-hydrogen) atoms. The molecule has 2 aromatic carbocycles. The molecule has 0 N–H and O–H groups in total. The second-order valence-corrected chi connectivity index (χ2v) is 6.77. The Morgan fingerprint density at radius 1 is 1.04 bits per heavy atom. The Bertz CT molecular complexity index is 1250. The lowest BCUT2D eigenvalue weighted by Gasteiger charge is -2.10. The zero-order valence-electron chi connectivity index (χ0n) is 15.2. The number of imidazole rings is 1. The third-order valence-corrected chi connectivity index (χ3v) is 4.95. The van der Waals surface area contributed by atoms with E-state index in [0.717, 1.165) is 39.6 Å². The summed E-state index contributed by atoms with van der Waals surface area (Å²) in [6.45, 7) is 2.05. The first kappa shape index (κ1) is 16.2. The van der Waals surface area contributed by atoms with Crippen molar-refractivity contribution >= 4 is 12.2 Å². The standard InChI is InChI=1S/C22H16N6/c1-15-7-10-19-22(11-15)28-21(12-20-18(13-23)24-14-27(19)20)17(25-26-28)9-8-16-5-3-2-4-6-16/h2-11,14H,12H2,1H3/b9-8+. The molecule has 5 rings (SSSR count). The van der Waals surface area contributed by atoms with Crippen molar-refractivity contribution in [1.29, 1.82) is 5.26 Å². The molecule has 0 atom stereocenters. The van der Waals surface area contributed by atoms with Gasteiger partial charge in [-0.25, -0.2) is 9.67 Å². The molecule has 0 amide bonds. The smallest absolute Gasteiger partial charge is 0.162 e. The van der Waals surface area contributed by atoms with Crippen LogP contribution in [0.4, 0.5) is 0 Å². The Morgan fingerprint density at radius 3 is 2.71 bits per heavy atom. The minimum atomic E-state index is 0.430. The van der Waals surface area contributed by atoms with Crippen LogP contribution in [0.2, 0.25) is 0 Å². The van der Waals surface area contributed by atoms with Crippen LogP contribution >= 0.6 is 0 Å². The zero-order chi connectivity index (χ0) is 19.1. The summed E-state index contributed by atoms with van der Waals surface area (Å²) in [6, 6.07) is 18.5. The van der Waals surface area contributed by atoms with Crippen molar-refractivity contribution < 1.29 is 0 Å². The maximum absolute atomic E-state index is 9.51. The van der Waals surface area contributed by atoms with Crippen molar-refractivity contribution in [3.05, 3.63) is 88.8 Å². The van der Waals surface area contributed by atoms with Crippen LogP contribution in [0.3, 0.4) is 0 Å². The lowest BCUT2D eigenvalue weighted by molar-refractivity contribution is 0.777. The monoisotopic (exact) mass is 364 g/mol. The molecule has 0 aliphatic carbocycles. The average Bonchev–Trinajstić information content (AvgIpc) is 3.28. The topological polar surface area (TPSA) is 72.3 Å². The number of rotatable bonds is 2. The van der Waals surface area contributed by atoms with Gasteiger partial charge in [-0.3, -0.25) is 4.57 Å². The third-order valence-electron chi connectivity index (χ3n) is 4.95. The van der Waals surface area contributed by atoms with Gasteiger partial charge >= 0.3 is 0 Å². The molecule has 3 heterocycles. The molecular formula is C22H16N6. The Labute approximate surface area is 162 Å². The highest BCUT2D eigenvalue weighted by molar-refractivity contribution is 5.70. The van der Waals surface area contributed by atoms with E-state index in [4.69, 9.17) is 0 Å². The van der Waals surface area contributed by atoms with Gasteiger partial charge in [0.05, 0.1) is 22.8 Å². The molecular weight excluding hydrogens is 348 g/mol. The quantitative estimate of drug-likeness (QED) is 0.479. The van der Waals surface area contributed by atoms with Crippen molar-refractivity contribution in [2.75, 3.05) is 0 Å². The number of fused-ring (bicyclic) bond motifs is 5. The molecule has 2 aromatic heterocycles. The summed E-state index contributed by atoms with van der Waals surface area (Å²) in [5, 5.41) is 18.3. The van der Waals surface area contributed by atoms with E-state index in [9.17, 15) is 5.26 Å². The summed E-state index contributed by atoms with van der Waals surface area (Å²) in [4.78, 5) is 4.29. The minimum absolute atomic E-state index is 0.430. The molecule has 1 aliphatic heterocycles. The van der Waals surface area contributed by atoms with Gasteiger partial charge in [-0.2, -0.15) is 5.26 Å². The van der Waals surface area contributed by atoms with Crippen LogP contribution in [0, 0.1) is 18.3 Å². The van der Waals surface area contributed by atoms with Crippen molar-refractivity contribution in [1.82, 2.24) is 24.5 Å². The highest BCUT2D eigenvalue weighted by Gasteiger charge is 2.25. The lowest BCUT2D eigenvalue weighted by atomic mass is 10.1. The van der Waals surface area contributed by atoms with Crippen molar-refractivity contribution in [3.8, 4) is 17.4 Å². The molecule has 134 valence electrons. The summed E-state index contributed by atoms with van der Waals surface area (Å²) < 4.78 is 3.86. The van der Waals surface area contributed by atoms with Gasteiger partial charge in [0.2, 0.25) is 0 Å². The number of hydrogen-bond acceptors (Lipinski definition) is 4. The SMILES string of the molecule is Cc1ccc2c(c1)-n1nnc(/C=C/c3ccccc3)c1Cc1c(C#N)ncn1-2. The van der Waals surface area contributed by atoms with Crippen LogP contribution in [-0.2, 0) is 6.42 Å². The van der Waals surface area contributed by atoms with E-state index in [0.29, 0.717) is 12.1 Å². The molecule has 4 aromatic rings. The van der Waals surface area contributed by atoms with Crippen molar-refractivity contribution in [3.63, 3.8) is 0 Å². The lowest BCUT2D eigenvalue weighted by Crippen LogP contribution is -2.03. The van der Waals surface area contributed by atoms with E-state index < -0.39 is 0 Å². The first-order valence-corrected chi connectivity index (χ1v) is 9.00. The van der Waals surface area contributed by atoms with Gasteiger partial charge in [0.25, 0.3) is 0 Å². The number of nitriles is 1. The fraction of sp³-hybridized carbons (Fsp3) is 0.0909. The van der Waals surface area contributed by atoms with E-state index in [1.807, 2.05) is 70.8 Å². The molecule has 6 nitrogen and oxygen atoms in total. The van der Waals surface area contributed by atoms with Gasteiger partial charge < -0.3 is 0 Å². The highest BCUT2D eigenvalue weighted by Crippen LogP contribution is 2.30. The molecule has 0 saturated carbocycles. The van der Waals surface area contributed by atoms with E-state index in [-0.39, 0.29) is 0 Å². The van der Waals surface area contributed by atoms with Gasteiger partial charge in [-0.1, -0.05) is 47.7 Å². The van der Waals surface area contributed by atoms with Gasteiger partial charge in [0.15, 0.2) is 5.69 Å². The van der Waals surface area contributed by atoms with Gasteiger partial charge in [-0.05, 0) is 36.3 Å². The van der Waals surface area contributed by atoms with E-state index in [1.165, 1.54) is 0 Å². The Kier molecular flexibility index (Phi) is 3.66. The molecule has 0 radical (unpaired) electrons. The fourth-order valence-electron chi connectivity index (χ4n) is 3.55. The van der Waals surface area contributed by atoms with Gasteiger partial charge in [0.1, 0.15) is 18.1 Å². The fourth-order valence-corrected chi connectivity index (χ4v) is 3.55. The maximum Gasteiger partial charge on any atom is 0.162 e. The normalized spacial score (nSPS) is 12.1. The molecule has 6 heteroatoms. The number of hydrogen-bond donors (Lipinski definition) is 0. The van der Waals surface area contributed by atoms with E-state index in [2.05, 4.69) is 27.4 Å². The average molecular weight is 364 g/mol. The first-order valence-electron chi connectivity index (χ1n) is 9.00. The Morgan fingerprint density at radius 2 is 1.89 bits per heavy atom. The van der Waals surface area contributed by atoms with Crippen LogP contribution in [0.5, 0.6) is 0 Å². The molecule has 0 bridgehead atoms. The highest BCUT2D eigenvalue weighted by atomic mass is 15.4. The molecule has 0 spiro atoms. The molecule has 0 unspecified atom stereocenters. The third kappa shape index (κ3) is 2.53. The van der Waals surface area contributed by atoms with Crippen LogP contribution in [0.25, 0.3) is 23.5 Å². The second-order valence-electron chi connectivity index (χ2n) is 6.77. The molecule has 0 fully saturated rings. The Hall–Kier alpha value is -3.98. The molecule has 1 aliphatic rings. The summed E-state index contributed by atoms with van der Waals surface area (Å²) in [5.74, 6) is 0. The minimum Gasteiger partial charge on any atom is -0.299 e. The van der Waals surface area contributed by atoms with Crippen LogP contribution < -0.4 is 0 Å². The summed E-state index contributed by atoms with van der Waals surface area (Å²) in [5.41, 5.74) is 7.11. The van der Waals surface area contributed by atoms with E-state index >= 15 is 0 Å². The largest absolute Gasteiger partial charge is 0.299 e. The van der Waals surface area contributed by atoms with Crippen LogP contribution in [0.1, 0.15) is 33.9 Å². The van der Waals surface area contributed by atoms with Gasteiger partial charge in [-0.15, -0.1) is 5.10 Å². The van der Waals surface area contributed by atoms with Gasteiger partial charge in [0, 0.05) is 6.42 Å². The number of aromatic nitrogens is 5.